The number of hydrogen-bond donors (Lipinski definition) is 6. The number of esters is 2. The van der Waals surface area contributed by atoms with E-state index >= 15 is 0 Å². The molecule has 0 bridgehead atoms. The summed E-state index contributed by atoms with van der Waals surface area (Å²) in [4.78, 5) is 34.5. The Morgan fingerprint density at radius 2 is 1.62 bits per heavy atom. The van der Waals surface area contributed by atoms with Gasteiger partial charge in [-0.25, -0.2) is 4.79 Å². The molecule has 1 heterocycles. The topological polar surface area (TPSA) is 219 Å². The van der Waals surface area contributed by atoms with Crippen molar-refractivity contribution in [2.24, 2.45) is 0 Å². The van der Waals surface area contributed by atoms with E-state index < -0.39 is 55.0 Å². The van der Waals surface area contributed by atoms with Crippen molar-refractivity contribution >= 4 is 18.2 Å². The third kappa shape index (κ3) is 8.19. The highest BCUT2D eigenvalue weighted by Crippen LogP contribution is 2.29. The minimum atomic E-state index is -2.17. The third-order valence-electron chi connectivity index (χ3n) is 5.73. The van der Waals surface area contributed by atoms with Crippen LogP contribution in [0.3, 0.4) is 0 Å². The summed E-state index contributed by atoms with van der Waals surface area (Å²) in [6.07, 6.45) is -11.5. The van der Waals surface area contributed by atoms with Crippen LogP contribution in [0, 0.1) is 0 Å². The lowest BCUT2D eigenvalue weighted by atomic mass is 9.98. The van der Waals surface area contributed by atoms with Crippen molar-refractivity contribution in [3.63, 3.8) is 0 Å². The van der Waals surface area contributed by atoms with Gasteiger partial charge < -0.3 is 54.3 Å². The lowest BCUT2D eigenvalue weighted by Gasteiger charge is -2.40. The molecule has 6 atom stereocenters. The molecule has 1 aliphatic heterocycles. The van der Waals surface area contributed by atoms with Gasteiger partial charge in [-0.15, -0.1) is 0 Å². The average Bonchev–Trinajstić information content (AvgIpc) is 2.94. The molecule has 0 spiro atoms. The number of benzene rings is 2. The van der Waals surface area contributed by atoms with Crippen LogP contribution in [0.15, 0.2) is 42.5 Å². The molecule has 1 aliphatic rings. The zero-order valence-electron chi connectivity index (χ0n) is 21.2. The highest BCUT2D eigenvalue weighted by molar-refractivity contribution is 5.89. The van der Waals surface area contributed by atoms with Gasteiger partial charge in [-0.05, 0) is 35.9 Å². The highest BCUT2D eigenvalue weighted by Gasteiger charge is 2.47. The Morgan fingerprint density at radius 3 is 2.25 bits per heavy atom. The Balaban J connectivity index is 1.56. The number of ether oxygens (including phenoxy) is 5. The number of aliphatic hydroxyl groups is 6. The predicted octanol–water partition coefficient (Wildman–Crippen LogP) is -1.34. The van der Waals surface area contributed by atoms with Crippen molar-refractivity contribution in [2.75, 3.05) is 13.2 Å². The van der Waals surface area contributed by atoms with Gasteiger partial charge in [-0.3, -0.25) is 9.59 Å². The second-order valence-corrected chi connectivity index (χ2v) is 8.83. The van der Waals surface area contributed by atoms with E-state index in [4.69, 9.17) is 18.9 Å². The normalized spacial score (nSPS) is 23.2. The summed E-state index contributed by atoms with van der Waals surface area (Å²) in [6, 6.07) is 10.3. The number of rotatable bonds is 12. The monoisotopic (exact) mass is 566 g/mol. The van der Waals surface area contributed by atoms with Crippen LogP contribution in [0.2, 0.25) is 0 Å². The molecule has 1 fully saturated rings. The fourth-order valence-corrected chi connectivity index (χ4v) is 3.58. The van der Waals surface area contributed by atoms with Crippen LogP contribution in [-0.4, -0.2) is 105 Å². The molecule has 40 heavy (non-hydrogen) atoms. The van der Waals surface area contributed by atoms with Gasteiger partial charge in [0.05, 0.1) is 11.1 Å². The maximum atomic E-state index is 12.1. The van der Waals surface area contributed by atoms with E-state index in [1.165, 1.54) is 37.3 Å². The zero-order chi connectivity index (χ0) is 29.4. The van der Waals surface area contributed by atoms with Crippen molar-refractivity contribution in [1.82, 2.24) is 0 Å². The van der Waals surface area contributed by atoms with E-state index in [1.54, 1.807) is 12.1 Å². The first-order valence-corrected chi connectivity index (χ1v) is 12.0. The molecule has 14 nitrogen and oxygen atoms in total. The number of carbonyl (C=O) groups excluding carboxylic acids is 3. The average molecular weight is 567 g/mol. The summed E-state index contributed by atoms with van der Waals surface area (Å²) in [6.45, 7) is 0.597. The van der Waals surface area contributed by atoms with Gasteiger partial charge in [0.1, 0.15) is 61.8 Å². The van der Waals surface area contributed by atoms with Gasteiger partial charge >= 0.3 is 11.9 Å². The van der Waals surface area contributed by atoms with E-state index in [2.05, 4.69) is 4.74 Å². The highest BCUT2D eigenvalue weighted by atomic mass is 16.7. The molecule has 6 N–H and O–H groups in total. The van der Waals surface area contributed by atoms with Gasteiger partial charge in [0, 0.05) is 6.92 Å². The lowest BCUT2D eigenvalue weighted by Crippen LogP contribution is -2.62. The minimum absolute atomic E-state index is 0.0102. The van der Waals surface area contributed by atoms with Gasteiger partial charge in [-0.1, -0.05) is 12.1 Å². The molecule has 0 saturated carbocycles. The van der Waals surface area contributed by atoms with E-state index in [-0.39, 0.29) is 42.4 Å². The largest absolute Gasteiger partial charge is 0.489 e. The summed E-state index contributed by atoms with van der Waals surface area (Å²) in [5.74, 6) is -1.05. The van der Waals surface area contributed by atoms with Crippen molar-refractivity contribution in [2.45, 2.75) is 56.6 Å². The zero-order valence-corrected chi connectivity index (χ0v) is 21.2. The Morgan fingerprint density at radius 1 is 0.950 bits per heavy atom. The summed E-state index contributed by atoms with van der Waals surface area (Å²) >= 11 is 0. The van der Waals surface area contributed by atoms with Crippen LogP contribution >= 0.6 is 0 Å². The molecule has 2 aromatic rings. The van der Waals surface area contributed by atoms with Crippen LogP contribution in [0.5, 0.6) is 11.5 Å². The van der Waals surface area contributed by atoms with Crippen molar-refractivity contribution in [3.8, 4) is 11.5 Å². The summed E-state index contributed by atoms with van der Waals surface area (Å²) < 4.78 is 25.9. The quantitative estimate of drug-likeness (QED) is 0.0995. The SMILES string of the molecule is CC(=O)OCC(O)COC(=O)c1ccc(COc2ccc(OC3OC(C(O)O)C(O)C(O)C3O)c(C=O)c2)cc1. The maximum Gasteiger partial charge on any atom is 0.338 e. The Kier molecular flexibility index (Phi) is 10.9. The van der Waals surface area contributed by atoms with Crippen molar-refractivity contribution in [1.29, 1.82) is 0 Å². The van der Waals surface area contributed by atoms with Crippen LogP contribution in [0.1, 0.15) is 33.2 Å². The molecular formula is C26H30O14. The molecule has 0 amide bonds. The number of aldehydes is 1. The molecule has 218 valence electrons. The van der Waals surface area contributed by atoms with E-state index in [1.807, 2.05) is 0 Å². The second-order valence-electron chi connectivity index (χ2n) is 8.83. The molecule has 0 radical (unpaired) electrons. The van der Waals surface area contributed by atoms with E-state index in [9.17, 15) is 45.0 Å². The van der Waals surface area contributed by atoms with Gasteiger partial charge in [0.15, 0.2) is 12.6 Å². The predicted molar refractivity (Wildman–Crippen MR) is 131 cm³/mol. The Labute approximate surface area is 227 Å². The molecule has 14 heteroatoms. The smallest absolute Gasteiger partial charge is 0.338 e. The second kappa shape index (κ2) is 14.1. The van der Waals surface area contributed by atoms with Crippen LogP contribution in [0.4, 0.5) is 0 Å². The van der Waals surface area contributed by atoms with Gasteiger partial charge in [0.25, 0.3) is 0 Å². The summed E-state index contributed by atoms with van der Waals surface area (Å²) in [5.41, 5.74) is 0.872. The number of hydrogen-bond acceptors (Lipinski definition) is 14. The maximum absolute atomic E-state index is 12.1. The van der Waals surface area contributed by atoms with Crippen LogP contribution < -0.4 is 9.47 Å². The van der Waals surface area contributed by atoms with Gasteiger partial charge in [0.2, 0.25) is 6.29 Å². The minimum Gasteiger partial charge on any atom is -0.489 e. The fraction of sp³-hybridized carbons (Fsp3) is 0.423. The first kappa shape index (κ1) is 30.9. The standard InChI is InChI=1S/C26H30O14/c1-13(28)36-11-17(29)12-38-25(35)15-4-2-14(3-5-15)10-37-18-6-7-19(16(8-18)9-27)39-26-22(32)20(30)21(31)23(40-26)24(33)34/h2-9,17,20-24,26,29-34H,10-12H2,1H3. The first-order chi connectivity index (χ1) is 19.0. The van der Waals surface area contributed by atoms with Crippen molar-refractivity contribution in [3.05, 3.63) is 59.2 Å². The molecule has 0 aliphatic carbocycles. The molecule has 2 aromatic carbocycles. The summed E-state index contributed by atoms with van der Waals surface area (Å²) in [5, 5.41) is 58.3. The third-order valence-corrected chi connectivity index (χ3v) is 5.73. The Hall–Kier alpha value is -3.63. The number of carbonyl (C=O) groups is 3. The molecule has 3 rings (SSSR count). The summed E-state index contributed by atoms with van der Waals surface area (Å²) in [7, 11) is 0. The van der Waals surface area contributed by atoms with Crippen LogP contribution in [0.25, 0.3) is 0 Å². The molecule has 6 unspecified atom stereocenters. The van der Waals surface area contributed by atoms with Gasteiger partial charge in [-0.2, -0.15) is 0 Å². The molecule has 0 aromatic heterocycles. The molecular weight excluding hydrogens is 536 g/mol. The number of aliphatic hydroxyl groups excluding tert-OH is 5. The Bertz CT molecular complexity index is 1150. The van der Waals surface area contributed by atoms with E-state index in [0.717, 1.165) is 0 Å². The van der Waals surface area contributed by atoms with E-state index in [0.29, 0.717) is 11.8 Å². The van der Waals surface area contributed by atoms with Crippen LogP contribution in [-0.2, 0) is 25.6 Å². The first-order valence-electron chi connectivity index (χ1n) is 12.0. The lowest BCUT2D eigenvalue weighted by molar-refractivity contribution is -0.310. The fourth-order valence-electron chi connectivity index (χ4n) is 3.58. The van der Waals surface area contributed by atoms with Crippen molar-refractivity contribution < 1.29 is 68.7 Å². The molecule has 1 saturated heterocycles.